The number of carbonyl (C=O) groups is 2. The number of non-ortho nitro benzene ring substituents is 1. The van der Waals surface area contributed by atoms with Crippen LogP contribution in [0.25, 0.3) is 10.8 Å². The van der Waals surface area contributed by atoms with Crippen LogP contribution >= 0.6 is 0 Å². The maximum atomic E-state index is 12.5. The Labute approximate surface area is 164 Å². The molecule has 1 aromatic heterocycles. The van der Waals surface area contributed by atoms with Crippen LogP contribution in [0.2, 0.25) is 0 Å². The van der Waals surface area contributed by atoms with E-state index >= 15 is 0 Å². The highest BCUT2D eigenvalue weighted by Gasteiger charge is 2.17. The number of nitro groups is 1. The molecule has 3 rings (SSSR count). The molecule has 2 aromatic carbocycles. The van der Waals surface area contributed by atoms with Crippen LogP contribution < -0.4 is 16.4 Å². The summed E-state index contributed by atoms with van der Waals surface area (Å²) in [6.45, 7) is 2.02. The van der Waals surface area contributed by atoms with Crippen molar-refractivity contribution in [1.29, 1.82) is 0 Å². The van der Waals surface area contributed by atoms with Gasteiger partial charge in [0.25, 0.3) is 17.2 Å². The number of aromatic nitrogens is 2. The second-order valence-electron chi connectivity index (χ2n) is 6.12. The second-order valence-corrected chi connectivity index (χ2v) is 6.12. The molecule has 0 aliphatic heterocycles. The molecule has 29 heavy (non-hydrogen) atoms. The van der Waals surface area contributed by atoms with Crippen molar-refractivity contribution in [3.05, 3.63) is 80.3 Å². The molecule has 2 amide bonds. The number of fused-ring (bicyclic) bond motifs is 1. The van der Waals surface area contributed by atoms with E-state index in [1.807, 2.05) is 0 Å². The first-order chi connectivity index (χ1) is 13.9. The number of hydrogen-bond acceptors (Lipinski definition) is 6. The van der Waals surface area contributed by atoms with Gasteiger partial charge >= 0.3 is 0 Å². The molecule has 0 aliphatic rings. The summed E-state index contributed by atoms with van der Waals surface area (Å²) in [6, 6.07) is 12.1. The smallest absolute Gasteiger partial charge is 0.273 e. The first kappa shape index (κ1) is 19.7. The summed E-state index contributed by atoms with van der Waals surface area (Å²) in [5.41, 5.74) is 4.75. The van der Waals surface area contributed by atoms with Crippen LogP contribution in [0.3, 0.4) is 0 Å². The van der Waals surface area contributed by atoms with Crippen molar-refractivity contribution in [2.45, 2.75) is 19.9 Å². The summed E-state index contributed by atoms with van der Waals surface area (Å²) in [7, 11) is 0. The van der Waals surface area contributed by atoms with E-state index < -0.39 is 16.7 Å². The second kappa shape index (κ2) is 8.30. The maximum Gasteiger partial charge on any atom is 0.290 e. The van der Waals surface area contributed by atoms with Crippen molar-refractivity contribution >= 4 is 28.3 Å². The van der Waals surface area contributed by atoms with E-state index in [0.29, 0.717) is 16.3 Å². The largest absolute Gasteiger partial charge is 0.290 e. The van der Waals surface area contributed by atoms with Gasteiger partial charge in [-0.25, -0.2) is 4.68 Å². The lowest BCUT2D eigenvalue weighted by atomic mass is 10.1. The number of hydrogen-bond donors (Lipinski definition) is 2. The number of rotatable bonds is 5. The fraction of sp³-hybridized carbons (Fsp3) is 0.158. The number of amides is 2. The summed E-state index contributed by atoms with van der Waals surface area (Å²) in [6.07, 6.45) is -0.0824. The van der Waals surface area contributed by atoms with Gasteiger partial charge in [-0.1, -0.05) is 30.3 Å². The zero-order valence-electron chi connectivity index (χ0n) is 15.4. The summed E-state index contributed by atoms with van der Waals surface area (Å²) in [4.78, 5) is 47.1. The molecule has 0 bridgehead atoms. The Kier molecular flexibility index (Phi) is 5.63. The quantitative estimate of drug-likeness (QED) is 0.494. The van der Waals surface area contributed by atoms with E-state index in [1.165, 1.54) is 28.9 Å². The highest BCUT2D eigenvalue weighted by atomic mass is 16.6. The molecule has 0 saturated carbocycles. The molecule has 0 aliphatic carbocycles. The highest BCUT2D eigenvalue weighted by Crippen LogP contribution is 2.13. The molecule has 10 heteroatoms. The van der Waals surface area contributed by atoms with Crippen LogP contribution in [-0.2, 0) is 17.8 Å². The van der Waals surface area contributed by atoms with Crippen molar-refractivity contribution in [2.75, 3.05) is 0 Å². The zero-order chi connectivity index (χ0) is 21.0. The first-order valence-corrected chi connectivity index (χ1v) is 8.73. The molecular formula is C19H17N5O5. The van der Waals surface area contributed by atoms with E-state index in [-0.39, 0.29) is 29.9 Å². The van der Waals surface area contributed by atoms with Crippen molar-refractivity contribution in [3.63, 3.8) is 0 Å². The van der Waals surface area contributed by atoms with Gasteiger partial charge in [0, 0.05) is 24.1 Å². The Morgan fingerprint density at radius 1 is 1.07 bits per heavy atom. The third kappa shape index (κ3) is 4.26. The third-order valence-electron chi connectivity index (χ3n) is 4.21. The Morgan fingerprint density at radius 2 is 1.72 bits per heavy atom. The molecular weight excluding hydrogens is 378 g/mol. The summed E-state index contributed by atoms with van der Waals surface area (Å²) in [5.74, 6) is -1.18. The van der Waals surface area contributed by atoms with Crippen molar-refractivity contribution in [1.82, 2.24) is 20.6 Å². The number of aryl methyl sites for hydroxylation is 1. The van der Waals surface area contributed by atoms with Gasteiger partial charge in [-0.3, -0.25) is 35.3 Å². The average molecular weight is 395 g/mol. The molecule has 0 atom stereocenters. The lowest BCUT2D eigenvalue weighted by Gasteiger charge is -2.11. The molecule has 1 heterocycles. The molecule has 0 fully saturated rings. The highest BCUT2D eigenvalue weighted by molar-refractivity contribution is 6.05. The Hall–Kier alpha value is -4.08. The van der Waals surface area contributed by atoms with Gasteiger partial charge in [0.05, 0.1) is 16.7 Å². The number of benzene rings is 2. The van der Waals surface area contributed by atoms with E-state index in [2.05, 4.69) is 16.0 Å². The fourth-order valence-electron chi connectivity index (χ4n) is 2.77. The predicted octanol–water partition coefficient (Wildman–Crippen LogP) is 1.33. The minimum absolute atomic E-state index is 0.0117. The van der Waals surface area contributed by atoms with E-state index in [4.69, 9.17) is 0 Å². The van der Waals surface area contributed by atoms with Crippen LogP contribution in [-0.4, -0.2) is 26.5 Å². The first-order valence-electron chi connectivity index (χ1n) is 8.73. The normalized spacial score (nSPS) is 10.5. The Bertz CT molecular complexity index is 1150. The lowest BCUT2D eigenvalue weighted by Crippen LogP contribution is -2.43. The number of nitrogens with one attached hydrogen (secondary N) is 2. The summed E-state index contributed by atoms with van der Waals surface area (Å²) in [5, 5.41) is 15.5. The van der Waals surface area contributed by atoms with Gasteiger partial charge in [-0.2, -0.15) is 5.10 Å². The molecule has 0 radical (unpaired) electrons. The molecule has 3 aromatic rings. The number of nitrogens with zero attached hydrogens (tertiary/aromatic N) is 3. The molecule has 0 spiro atoms. The van der Waals surface area contributed by atoms with Crippen LogP contribution in [0, 0.1) is 10.1 Å². The maximum absolute atomic E-state index is 12.5. The monoisotopic (exact) mass is 395 g/mol. The van der Waals surface area contributed by atoms with E-state index in [1.54, 1.807) is 31.2 Å². The number of nitro benzene ring substituents is 1. The Balaban J connectivity index is 1.72. The minimum Gasteiger partial charge on any atom is -0.273 e. The van der Waals surface area contributed by atoms with Crippen LogP contribution in [0.5, 0.6) is 0 Å². The zero-order valence-corrected chi connectivity index (χ0v) is 15.4. The van der Waals surface area contributed by atoms with Crippen LogP contribution in [0.4, 0.5) is 5.69 Å². The molecule has 0 saturated heterocycles. The number of carbonyl (C=O) groups excluding carboxylic acids is 2. The van der Waals surface area contributed by atoms with Crippen LogP contribution in [0.1, 0.15) is 23.0 Å². The van der Waals surface area contributed by atoms with Gasteiger partial charge in [-0.05, 0) is 18.6 Å². The molecule has 2 N–H and O–H groups in total. The van der Waals surface area contributed by atoms with Crippen molar-refractivity contribution in [3.8, 4) is 0 Å². The van der Waals surface area contributed by atoms with E-state index in [9.17, 15) is 24.5 Å². The van der Waals surface area contributed by atoms with Gasteiger partial charge in [0.1, 0.15) is 0 Å². The van der Waals surface area contributed by atoms with E-state index in [0.717, 1.165) is 0 Å². The SMILES string of the molecule is CCn1nc(C(=O)NNC(=O)Cc2ccc([N+](=O)[O-])cc2)c2ccccc2c1=O. The minimum atomic E-state index is -0.666. The fourth-order valence-corrected chi connectivity index (χ4v) is 2.77. The lowest BCUT2D eigenvalue weighted by molar-refractivity contribution is -0.384. The Morgan fingerprint density at radius 3 is 2.34 bits per heavy atom. The molecule has 148 valence electrons. The summed E-state index contributed by atoms with van der Waals surface area (Å²) >= 11 is 0. The predicted molar refractivity (Wildman–Crippen MR) is 104 cm³/mol. The van der Waals surface area contributed by atoms with Crippen molar-refractivity contribution in [2.24, 2.45) is 0 Å². The van der Waals surface area contributed by atoms with Gasteiger partial charge in [-0.15, -0.1) is 0 Å². The third-order valence-corrected chi connectivity index (χ3v) is 4.21. The number of hydrazine groups is 1. The van der Waals surface area contributed by atoms with Gasteiger partial charge in [0.15, 0.2) is 5.69 Å². The van der Waals surface area contributed by atoms with Gasteiger partial charge in [0.2, 0.25) is 5.91 Å². The average Bonchev–Trinajstić information content (AvgIpc) is 2.73. The van der Waals surface area contributed by atoms with Gasteiger partial charge < -0.3 is 0 Å². The summed E-state index contributed by atoms with van der Waals surface area (Å²) < 4.78 is 1.18. The standard InChI is InChI=1S/C19H17N5O5/c1-2-23-19(27)15-6-4-3-5-14(15)17(22-23)18(26)21-20-16(25)11-12-7-9-13(10-8-12)24(28)29/h3-10H,2,11H2,1H3,(H,20,25)(H,21,26). The van der Waals surface area contributed by atoms with Crippen molar-refractivity contribution < 1.29 is 14.5 Å². The topological polar surface area (TPSA) is 136 Å². The molecule has 0 unspecified atom stereocenters. The van der Waals surface area contributed by atoms with Crippen LogP contribution in [0.15, 0.2) is 53.3 Å². The molecule has 10 nitrogen and oxygen atoms in total.